The summed E-state index contributed by atoms with van der Waals surface area (Å²) in [6.45, 7) is 3.70. The van der Waals surface area contributed by atoms with Gasteiger partial charge in [-0.05, 0) is 53.9 Å². The SMILES string of the molecule is Cc1ccc(C(=O)NC(C)c2ccsc2)cc1C#CCO. The maximum Gasteiger partial charge on any atom is 0.251 e. The van der Waals surface area contributed by atoms with E-state index in [0.29, 0.717) is 5.56 Å². The molecule has 2 N–H and O–H groups in total. The topological polar surface area (TPSA) is 49.3 Å². The fourth-order valence-electron chi connectivity index (χ4n) is 1.92. The third kappa shape index (κ3) is 3.94. The van der Waals surface area contributed by atoms with Crippen LogP contribution in [-0.4, -0.2) is 17.6 Å². The van der Waals surface area contributed by atoms with Gasteiger partial charge in [-0.2, -0.15) is 11.3 Å². The Morgan fingerprint density at radius 1 is 1.43 bits per heavy atom. The van der Waals surface area contributed by atoms with Gasteiger partial charge in [0.15, 0.2) is 0 Å². The van der Waals surface area contributed by atoms with Crippen molar-refractivity contribution >= 4 is 17.2 Å². The molecule has 0 fully saturated rings. The number of hydrogen-bond acceptors (Lipinski definition) is 3. The number of nitrogens with one attached hydrogen (secondary N) is 1. The highest BCUT2D eigenvalue weighted by atomic mass is 32.1. The van der Waals surface area contributed by atoms with Gasteiger partial charge in [0, 0.05) is 11.1 Å². The van der Waals surface area contributed by atoms with Gasteiger partial charge in [-0.3, -0.25) is 4.79 Å². The molecule has 1 unspecified atom stereocenters. The lowest BCUT2D eigenvalue weighted by molar-refractivity contribution is 0.0940. The number of thiophene rings is 1. The minimum Gasteiger partial charge on any atom is -0.384 e. The Morgan fingerprint density at radius 3 is 2.90 bits per heavy atom. The molecule has 21 heavy (non-hydrogen) atoms. The lowest BCUT2D eigenvalue weighted by Gasteiger charge is -2.13. The van der Waals surface area contributed by atoms with Crippen LogP contribution in [-0.2, 0) is 0 Å². The molecule has 0 aliphatic carbocycles. The van der Waals surface area contributed by atoms with Gasteiger partial charge in [0.1, 0.15) is 6.61 Å². The van der Waals surface area contributed by atoms with Crippen molar-refractivity contribution in [3.05, 3.63) is 57.3 Å². The summed E-state index contributed by atoms with van der Waals surface area (Å²) in [5.41, 5.74) is 3.42. The number of rotatable bonds is 3. The molecule has 1 aromatic heterocycles. The number of aliphatic hydroxyl groups excluding tert-OH is 1. The van der Waals surface area contributed by atoms with Crippen LogP contribution in [0.5, 0.6) is 0 Å². The summed E-state index contributed by atoms with van der Waals surface area (Å²) in [5, 5.41) is 15.8. The minimum absolute atomic E-state index is 0.0305. The quantitative estimate of drug-likeness (QED) is 0.856. The van der Waals surface area contributed by atoms with E-state index >= 15 is 0 Å². The molecule has 1 aromatic carbocycles. The molecule has 108 valence electrons. The van der Waals surface area contributed by atoms with Gasteiger partial charge in [-0.25, -0.2) is 0 Å². The maximum absolute atomic E-state index is 12.3. The molecular formula is C17H17NO2S. The predicted molar refractivity (Wildman–Crippen MR) is 85.3 cm³/mol. The number of amides is 1. The zero-order chi connectivity index (χ0) is 15.2. The van der Waals surface area contributed by atoms with E-state index in [-0.39, 0.29) is 18.6 Å². The molecule has 1 atom stereocenters. The molecule has 2 rings (SSSR count). The van der Waals surface area contributed by atoms with E-state index in [1.807, 2.05) is 36.7 Å². The van der Waals surface area contributed by atoms with Crippen molar-refractivity contribution in [1.82, 2.24) is 5.32 Å². The summed E-state index contributed by atoms with van der Waals surface area (Å²) in [6, 6.07) is 7.38. The average molecular weight is 299 g/mol. The van der Waals surface area contributed by atoms with Crippen LogP contribution in [0.1, 0.15) is 40.0 Å². The highest BCUT2D eigenvalue weighted by Gasteiger charge is 2.12. The fraction of sp³-hybridized carbons (Fsp3) is 0.235. The Balaban J connectivity index is 2.16. The lowest BCUT2D eigenvalue weighted by Crippen LogP contribution is -2.26. The summed E-state index contributed by atoms with van der Waals surface area (Å²) in [7, 11) is 0. The number of carbonyl (C=O) groups is 1. The zero-order valence-electron chi connectivity index (χ0n) is 12.0. The summed E-state index contributed by atoms with van der Waals surface area (Å²) in [6.07, 6.45) is 0. The van der Waals surface area contributed by atoms with E-state index < -0.39 is 0 Å². The van der Waals surface area contributed by atoms with Crippen LogP contribution in [0.2, 0.25) is 0 Å². The molecule has 1 heterocycles. The Bertz CT molecular complexity index is 681. The number of aliphatic hydroxyl groups is 1. The molecule has 0 spiro atoms. The third-order valence-electron chi connectivity index (χ3n) is 3.19. The highest BCUT2D eigenvalue weighted by molar-refractivity contribution is 7.07. The molecule has 0 saturated carbocycles. The number of benzene rings is 1. The van der Waals surface area contributed by atoms with Crippen molar-refractivity contribution in [2.24, 2.45) is 0 Å². The first kappa shape index (κ1) is 15.3. The molecule has 0 aliphatic heterocycles. The summed E-state index contributed by atoms with van der Waals surface area (Å²) < 4.78 is 0. The minimum atomic E-state index is -0.189. The lowest BCUT2D eigenvalue weighted by atomic mass is 10.0. The maximum atomic E-state index is 12.3. The molecule has 1 amide bonds. The molecule has 0 aliphatic rings. The van der Waals surface area contributed by atoms with Crippen LogP contribution in [0.15, 0.2) is 35.0 Å². The molecule has 2 aromatic rings. The van der Waals surface area contributed by atoms with Crippen LogP contribution in [0.3, 0.4) is 0 Å². The van der Waals surface area contributed by atoms with Crippen LogP contribution >= 0.6 is 11.3 Å². The normalized spacial score (nSPS) is 11.4. The van der Waals surface area contributed by atoms with Gasteiger partial charge < -0.3 is 10.4 Å². The first-order valence-corrected chi connectivity index (χ1v) is 7.59. The van der Waals surface area contributed by atoms with Gasteiger partial charge in [0.2, 0.25) is 0 Å². The van der Waals surface area contributed by atoms with Crippen molar-refractivity contribution in [3.8, 4) is 11.8 Å². The van der Waals surface area contributed by atoms with E-state index in [0.717, 1.165) is 16.7 Å². The van der Waals surface area contributed by atoms with E-state index in [4.69, 9.17) is 5.11 Å². The molecule has 0 saturated heterocycles. The van der Waals surface area contributed by atoms with Crippen LogP contribution in [0, 0.1) is 18.8 Å². The molecule has 4 heteroatoms. The van der Waals surface area contributed by atoms with Crippen molar-refractivity contribution in [3.63, 3.8) is 0 Å². The van der Waals surface area contributed by atoms with Crippen molar-refractivity contribution in [2.45, 2.75) is 19.9 Å². The number of hydrogen-bond donors (Lipinski definition) is 2. The fourth-order valence-corrected chi connectivity index (χ4v) is 2.67. The number of carbonyl (C=O) groups excluding carboxylic acids is 1. The van der Waals surface area contributed by atoms with Gasteiger partial charge in [-0.1, -0.05) is 17.9 Å². The van der Waals surface area contributed by atoms with Gasteiger partial charge >= 0.3 is 0 Å². The Kier molecular flexibility index (Phi) is 5.15. The van der Waals surface area contributed by atoms with Crippen molar-refractivity contribution < 1.29 is 9.90 Å². The summed E-state index contributed by atoms with van der Waals surface area (Å²) >= 11 is 1.61. The molecule has 0 radical (unpaired) electrons. The summed E-state index contributed by atoms with van der Waals surface area (Å²) in [4.78, 5) is 12.3. The molecule has 0 bridgehead atoms. The first-order valence-electron chi connectivity index (χ1n) is 6.65. The van der Waals surface area contributed by atoms with Gasteiger partial charge in [0.05, 0.1) is 6.04 Å². The first-order chi connectivity index (χ1) is 10.1. The predicted octanol–water partition coefficient (Wildman–Crippen LogP) is 2.89. The van der Waals surface area contributed by atoms with E-state index in [1.54, 1.807) is 23.5 Å². The second-order valence-electron chi connectivity index (χ2n) is 4.74. The highest BCUT2D eigenvalue weighted by Crippen LogP contribution is 2.17. The zero-order valence-corrected chi connectivity index (χ0v) is 12.8. The smallest absolute Gasteiger partial charge is 0.251 e. The average Bonchev–Trinajstić information content (AvgIpc) is 3.00. The Morgan fingerprint density at radius 2 is 2.24 bits per heavy atom. The van der Waals surface area contributed by atoms with Crippen LogP contribution in [0.25, 0.3) is 0 Å². The van der Waals surface area contributed by atoms with Crippen molar-refractivity contribution in [2.75, 3.05) is 6.61 Å². The molecular weight excluding hydrogens is 282 g/mol. The Labute approximate surface area is 128 Å². The largest absolute Gasteiger partial charge is 0.384 e. The summed E-state index contributed by atoms with van der Waals surface area (Å²) in [5.74, 6) is 5.35. The number of aryl methyl sites for hydroxylation is 1. The van der Waals surface area contributed by atoms with Gasteiger partial charge in [0.25, 0.3) is 5.91 Å². The van der Waals surface area contributed by atoms with E-state index in [9.17, 15) is 4.79 Å². The molecule has 3 nitrogen and oxygen atoms in total. The van der Waals surface area contributed by atoms with Crippen LogP contribution < -0.4 is 5.32 Å². The Hall–Kier alpha value is -2.09. The van der Waals surface area contributed by atoms with Gasteiger partial charge in [-0.15, -0.1) is 0 Å². The monoisotopic (exact) mass is 299 g/mol. The van der Waals surface area contributed by atoms with E-state index in [2.05, 4.69) is 17.2 Å². The second-order valence-corrected chi connectivity index (χ2v) is 5.52. The van der Waals surface area contributed by atoms with Crippen molar-refractivity contribution in [1.29, 1.82) is 0 Å². The standard InChI is InChI=1S/C17H17NO2S/c1-12-5-6-15(10-14(12)4-3-8-19)17(20)18-13(2)16-7-9-21-11-16/h5-7,9-11,13,19H,8H2,1-2H3,(H,18,20). The third-order valence-corrected chi connectivity index (χ3v) is 3.89. The van der Waals surface area contributed by atoms with E-state index in [1.165, 1.54) is 0 Å². The second kappa shape index (κ2) is 7.07. The van der Waals surface area contributed by atoms with Crippen LogP contribution in [0.4, 0.5) is 0 Å².